The Hall–Kier alpha value is -1.84. The summed E-state index contributed by atoms with van der Waals surface area (Å²) in [6, 6.07) is 5.53. The lowest BCUT2D eigenvalue weighted by molar-refractivity contribution is -0.130. The lowest BCUT2D eigenvalue weighted by Crippen LogP contribution is -2.21. The van der Waals surface area contributed by atoms with E-state index < -0.39 is 0 Å². The van der Waals surface area contributed by atoms with E-state index in [1.165, 1.54) is 0 Å². The molecule has 0 N–H and O–H groups in total. The fourth-order valence-electron chi connectivity index (χ4n) is 2.44. The standard InChI is InChI=1S/C14H16O4/c1-17-13-5-3-4-12(14(13)18-2)9-6-10(15)8-11(16)7-9/h3-5,9H,6-8H2,1-2H3. The van der Waals surface area contributed by atoms with Gasteiger partial charge in [0.2, 0.25) is 0 Å². The minimum atomic E-state index is -0.0937. The molecule has 0 aliphatic heterocycles. The number of hydrogen-bond acceptors (Lipinski definition) is 4. The molecule has 0 radical (unpaired) electrons. The lowest BCUT2D eigenvalue weighted by Gasteiger charge is -2.23. The Bertz CT molecular complexity index is 463. The van der Waals surface area contributed by atoms with E-state index in [9.17, 15) is 9.59 Å². The molecule has 96 valence electrons. The molecule has 0 unspecified atom stereocenters. The van der Waals surface area contributed by atoms with Gasteiger partial charge in [-0.25, -0.2) is 0 Å². The van der Waals surface area contributed by atoms with Crippen molar-refractivity contribution in [3.63, 3.8) is 0 Å². The van der Waals surface area contributed by atoms with Crippen molar-refractivity contribution in [2.24, 2.45) is 0 Å². The number of ketones is 2. The quantitative estimate of drug-likeness (QED) is 0.769. The molecule has 1 fully saturated rings. The zero-order valence-electron chi connectivity index (χ0n) is 10.6. The summed E-state index contributed by atoms with van der Waals surface area (Å²) in [5.74, 6) is 1.15. The van der Waals surface area contributed by atoms with Gasteiger partial charge in [-0.15, -0.1) is 0 Å². The van der Waals surface area contributed by atoms with E-state index in [1.54, 1.807) is 20.3 Å². The van der Waals surface area contributed by atoms with Gasteiger partial charge in [-0.1, -0.05) is 12.1 Å². The van der Waals surface area contributed by atoms with Gasteiger partial charge in [-0.05, 0) is 6.07 Å². The van der Waals surface area contributed by atoms with Crippen LogP contribution in [0.1, 0.15) is 30.7 Å². The minimum Gasteiger partial charge on any atom is -0.493 e. The van der Waals surface area contributed by atoms with Crippen LogP contribution in [0.5, 0.6) is 11.5 Å². The average molecular weight is 248 g/mol. The molecule has 0 atom stereocenters. The maximum Gasteiger partial charge on any atom is 0.164 e. The van der Waals surface area contributed by atoms with Gasteiger partial charge in [0.25, 0.3) is 0 Å². The Morgan fingerprint density at radius 3 is 2.28 bits per heavy atom. The van der Waals surface area contributed by atoms with Crippen molar-refractivity contribution in [1.29, 1.82) is 0 Å². The highest BCUT2D eigenvalue weighted by molar-refractivity contribution is 6.02. The number of hydrogen-bond donors (Lipinski definition) is 0. The molecule has 1 saturated carbocycles. The van der Waals surface area contributed by atoms with Gasteiger partial charge >= 0.3 is 0 Å². The van der Waals surface area contributed by atoms with E-state index in [1.807, 2.05) is 12.1 Å². The van der Waals surface area contributed by atoms with Crippen molar-refractivity contribution in [2.75, 3.05) is 14.2 Å². The second-order valence-corrected chi connectivity index (χ2v) is 4.44. The number of carbonyl (C=O) groups excluding carboxylic acids is 2. The number of Topliss-reactive ketones (excluding diaryl/α,β-unsaturated/α-hetero) is 2. The molecule has 4 heteroatoms. The van der Waals surface area contributed by atoms with Crippen molar-refractivity contribution in [3.05, 3.63) is 23.8 Å². The van der Waals surface area contributed by atoms with Crippen LogP contribution in [0.2, 0.25) is 0 Å². The van der Waals surface area contributed by atoms with Crippen LogP contribution >= 0.6 is 0 Å². The Balaban J connectivity index is 2.37. The molecular weight excluding hydrogens is 232 g/mol. The lowest BCUT2D eigenvalue weighted by atomic mass is 9.82. The van der Waals surface area contributed by atoms with Crippen molar-refractivity contribution in [1.82, 2.24) is 0 Å². The predicted octanol–water partition coefficient (Wildman–Crippen LogP) is 2.11. The van der Waals surface area contributed by atoms with Crippen LogP contribution in [0, 0.1) is 0 Å². The summed E-state index contributed by atoms with van der Waals surface area (Å²) in [6.45, 7) is 0. The van der Waals surface area contributed by atoms with Crippen molar-refractivity contribution in [2.45, 2.75) is 25.2 Å². The zero-order chi connectivity index (χ0) is 13.1. The Morgan fingerprint density at radius 2 is 1.72 bits per heavy atom. The molecule has 0 spiro atoms. The van der Waals surface area contributed by atoms with E-state index in [-0.39, 0.29) is 23.9 Å². The molecule has 1 aromatic rings. The molecule has 4 nitrogen and oxygen atoms in total. The van der Waals surface area contributed by atoms with Crippen molar-refractivity contribution in [3.8, 4) is 11.5 Å². The SMILES string of the molecule is COc1cccc(C2CC(=O)CC(=O)C2)c1OC. The van der Waals surface area contributed by atoms with Crippen LogP contribution in [0.25, 0.3) is 0 Å². The highest BCUT2D eigenvalue weighted by Gasteiger charge is 2.29. The number of ether oxygens (including phenoxy) is 2. The van der Waals surface area contributed by atoms with Gasteiger partial charge in [0, 0.05) is 24.3 Å². The number of methoxy groups -OCH3 is 2. The van der Waals surface area contributed by atoms with Crippen LogP contribution in [0.4, 0.5) is 0 Å². The van der Waals surface area contributed by atoms with Crippen LogP contribution in [-0.4, -0.2) is 25.8 Å². The third kappa shape index (κ3) is 2.37. The molecule has 18 heavy (non-hydrogen) atoms. The molecule has 1 aromatic carbocycles. The number of para-hydroxylation sites is 1. The van der Waals surface area contributed by atoms with Crippen molar-refractivity contribution >= 4 is 11.6 Å². The van der Waals surface area contributed by atoms with Crippen LogP contribution in [-0.2, 0) is 9.59 Å². The van der Waals surface area contributed by atoms with Crippen LogP contribution in [0.3, 0.4) is 0 Å². The summed E-state index contributed by atoms with van der Waals surface area (Å²) < 4.78 is 10.6. The highest BCUT2D eigenvalue weighted by Crippen LogP contribution is 2.40. The fourth-order valence-corrected chi connectivity index (χ4v) is 2.44. The zero-order valence-corrected chi connectivity index (χ0v) is 10.6. The molecule has 0 heterocycles. The smallest absolute Gasteiger partial charge is 0.164 e. The first-order chi connectivity index (χ1) is 8.65. The first-order valence-electron chi connectivity index (χ1n) is 5.90. The van der Waals surface area contributed by atoms with Gasteiger partial charge < -0.3 is 9.47 Å². The number of benzene rings is 1. The molecule has 1 aliphatic carbocycles. The van der Waals surface area contributed by atoms with E-state index >= 15 is 0 Å². The topological polar surface area (TPSA) is 52.6 Å². The first-order valence-corrected chi connectivity index (χ1v) is 5.90. The Kier molecular flexibility index (Phi) is 3.65. The molecule has 0 bridgehead atoms. The van der Waals surface area contributed by atoms with E-state index in [4.69, 9.17) is 9.47 Å². The molecular formula is C14H16O4. The van der Waals surface area contributed by atoms with Gasteiger partial charge in [0.05, 0.1) is 20.6 Å². The molecule has 0 saturated heterocycles. The summed E-state index contributed by atoms with van der Waals surface area (Å²) in [5.41, 5.74) is 0.873. The van der Waals surface area contributed by atoms with E-state index in [0.717, 1.165) is 5.56 Å². The van der Waals surface area contributed by atoms with E-state index in [0.29, 0.717) is 24.3 Å². The Morgan fingerprint density at radius 1 is 1.06 bits per heavy atom. The predicted molar refractivity (Wildman–Crippen MR) is 66.2 cm³/mol. The summed E-state index contributed by atoms with van der Waals surface area (Å²) in [6.07, 6.45) is 0.868. The number of rotatable bonds is 3. The maximum atomic E-state index is 11.5. The summed E-state index contributed by atoms with van der Waals surface area (Å²) in [7, 11) is 3.13. The van der Waals surface area contributed by atoms with Gasteiger partial charge in [0.15, 0.2) is 11.5 Å². The third-order valence-corrected chi connectivity index (χ3v) is 3.22. The molecule has 0 aromatic heterocycles. The van der Waals surface area contributed by atoms with Gasteiger partial charge in [0.1, 0.15) is 11.6 Å². The fraction of sp³-hybridized carbons (Fsp3) is 0.429. The number of carbonyl (C=O) groups is 2. The first kappa shape index (κ1) is 12.6. The summed E-state index contributed by atoms with van der Waals surface area (Å²) in [4.78, 5) is 23.0. The molecule has 1 aliphatic rings. The maximum absolute atomic E-state index is 11.5. The molecule has 2 rings (SSSR count). The highest BCUT2D eigenvalue weighted by atomic mass is 16.5. The normalized spacial score (nSPS) is 16.8. The van der Waals surface area contributed by atoms with Gasteiger partial charge in [-0.3, -0.25) is 9.59 Å². The van der Waals surface area contributed by atoms with E-state index in [2.05, 4.69) is 0 Å². The molecule has 0 amide bonds. The van der Waals surface area contributed by atoms with Crippen LogP contribution < -0.4 is 9.47 Å². The Labute approximate surface area is 106 Å². The summed E-state index contributed by atoms with van der Waals surface area (Å²) >= 11 is 0. The summed E-state index contributed by atoms with van der Waals surface area (Å²) in [5, 5.41) is 0. The second-order valence-electron chi connectivity index (χ2n) is 4.44. The van der Waals surface area contributed by atoms with Crippen LogP contribution in [0.15, 0.2) is 18.2 Å². The second kappa shape index (κ2) is 5.21. The largest absolute Gasteiger partial charge is 0.493 e. The minimum absolute atomic E-state index is 0.00104. The third-order valence-electron chi connectivity index (χ3n) is 3.22. The van der Waals surface area contributed by atoms with Crippen molar-refractivity contribution < 1.29 is 19.1 Å². The monoisotopic (exact) mass is 248 g/mol. The average Bonchev–Trinajstić information content (AvgIpc) is 2.36. The van der Waals surface area contributed by atoms with Gasteiger partial charge in [-0.2, -0.15) is 0 Å².